The van der Waals surface area contributed by atoms with E-state index in [-0.39, 0.29) is 0 Å². The van der Waals surface area contributed by atoms with Crippen LogP contribution in [0.25, 0.3) is 87.6 Å². The Morgan fingerprint density at radius 3 is 1.33 bits per heavy atom. The van der Waals surface area contributed by atoms with E-state index in [2.05, 4.69) is 206 Å². The van der Waals surface area contributed by atoms with Crippen molar-refractivity contribution in [3.05, 3.63) is 229 Å². The molecular formula is C55H36. The van der Waals surface area contributed by atoms with Crippen LogP contribution in [0.15, 0.2) is 206 Å². The van der Waals surface area contributed by atoms with E-state index in [9.17, 15) is 0 Å². The number of rotatable bonds is 5. The second kappa shape index (κ2) is 12.8. The highest BCUT2D eigenvalue weighted by atomic mass is 14.3. The van der Waals surface area contributed by atoms with Gasteiger partial charge in [-0.05, 0) is 134 Å². The Morgan fingerprint density at radius 1 is 0.273 bits per heavy atom. The standard InChI is InChI=1S/C55H36/c1-3-14-38(15-4-1)52-35-46-33-42(29-30-47(46)53(52)39-16-5-2-6-17-39)41-26-23-37-25-28-44(34-45(37)32-41)55-50-21-11-9-19-48(50)54(49-20-10-12-22-51(49)55)43-27-24-36-13-7-8-18-40(36)31-43/h1-34H,35H2. The van der Waals surface area contributed by atoms with Crippen molar-refractivity contribution in [3.63, 3.8) is 0 Å². The minimum Gasteiger partial charge on any atom is -0.0622 e. The highest BCUT2D eigenvalue weighted by molar-refractivity contribution is 6.22. The third-order valence-corrected chi connectivity index (χ3v) is 11.7. The Morgan fingerprint density at radius 2 is 0.709 bits per heavy atom. The summed E-state index contributed by atoms with van der Waals surface area (Å²) >= 11 is 0. The van der Waals surface area contributed by atoms with Crippen molar-refractivity contribution in [1.82, 2.24) is 0 Å². The molecule has 0 saturated heterocycles. The molecule has 0 amide bonds. The monoisotopic (exact) mass is 696 g/mol. The number of benzene rings is 10. The largest absolute Gasteiger partial charge is 0.0622 e. The average molecular weight is 697 g/mol. The van der Waals surface area contributed by atoms with Crippen molar-refractivity contribution in [3.8, 4) is 33.4 Å². The summed E-state index contributed by atoms with van der Waals surface area (Å²) in [5.74, 6) is 0. The molecule has 0 unspecified atom stereocenters. The summed E-state index contributed by atoms with van der Waals surface area (Å²) in [7, 11) is 0. The van der Waals surface area contributed by atoms with Crippen LogP contribution in [0.3, 0.4) is 0 Å². The first kappa shape index (κ1) is 31.5. The van der Waals surface area contributed by atoms with E-state index in [0.717, 1.165) is 6.42 Å². The van der Waals surface area contributed by atoms with Crippen molar-refractivity contribution < 1.29 is 0 Å². The molecule has 0 saturated carbocycles. The molecule has 0 spiro atoms. The molecule has 0 bridgehead atoms. The predicted molar refractivity (Wildman–Crippen MR) is 235 cm³/mol. The smallest absolute Gasteiger partial charge is 0.000706 e. The first-order valence-electron chi connectivity index (χ1n) is 19.2. The van der Waals surface area contributed by atoms with E-state index in [1.165, 1.54) is 110 Å². The summed E-state index contributed by atoms with van der Waals surface area (Å²) in [5, 5.41) is 10.1. The van der Waals surface area contributed by atoms with E-state index >= 15 is 0 Å². The molecule has 10 aromatic carbocycles. The van der Waals surface area contributed by atoms with E-state index in [0.29, 0.717) is 0 Å². The molecule has 0 nitrogen and oxygen atoms in total. The van der Waals surface area contributed by atoms with Gasteiger partial charge >= 0.3 is 0 Å². The summed E-state index contributed by atoms with van der Waals surface area (Å²) in [4.78, 5) is 0. The summed E-state index contributed by atoms with van der Waals surface area (Å²) < 4.78 is 0. The van der Waals surface area contributed by atoms with Gasteiger partial charge in [-0.1, -0.05) is 188 Å². The number of hydrogen-bond acceptors (Lipinski definition) is 0. The first-order valence-corrected chi connectivity index (χ1v) is 19.2. The van der Waals surface area contributed by atoms with Gasteiger partial charge in [-0.15, -0.1) is 0 Å². The molecule has 256 valence electrons. The van der Waals surface area contributed by atoms with Gasteiger partial charge in [-0.25, -0.2) is 0 Å². The molecule has 0 aliphatic heterocycles. The summed E-state index contributed by atoms with van der Waals surface area (Å²) in [6.07, 6.45) is 0.921. The fourth-order valence-corrected chi connectivity index (χ4v) is 9.10. The normalized spacial score (nSPS) is 12.6. The van der Waals surface area contributed by atoms with Crippen LogP contribution in [0.1, 0.15) is 22.3 Å². The average Bonchev–Trinajstić information content (AvgIpc) is 3.65. The van der Waals surface area contributed by atoms with Crippen LogP contribution >= 0.6 is 0 Å². The maximum atomic E-state index is 2.42. The van der Waals surface area contributed by atoms with Gasteiger partial charge in [0.2, 0.25) is 0 Å². The van der Waals surface area contributed by atoms with Gasteiger partial charge in [0.05, 0.1) is 0 Å². The molecule has 1 aliphatic carbocycles. The molecule has 0 radical (unpaired) electrons. The fourth-order valence-electron chi connectivity index (χ4n) is 9.10. The highest BCUT2D eigenvalue weighted by Crippen LogP contribution is 2.46. The molecule has 0 fully saturated rings. The third-order valence-electron chi connectivity index (χ3n) is 11.7. The molecule has 0 heterocycles. The zero-order valence-electron chi connectivity index (χ0n) is 30.3. The number of hydrogen-bond donors (Lipinski definition) is 0. The van der Waals surface area contributed by atoms with Gasteiger partial charge in [-0.2, -0.15) is 0 Å². The Bertz CT molecular complexity index is 3090. The van der Waals surface area contributed by atoms with Crippen LogP contribution in [0.2, 0.25) is 0 Å². The van der Waals surface area contributed by atoms with E-state index in [4.69, 9.17) is 0 Å². The lowest BCUT2D eigenvalue weighted by Gasteiger charge is -2.18. The van der Waals surface area contributed by atoms with Gasteiger partial charge in [0, 0.05) is 0 Å². The van der Waals surface area contributed by atoms with E-state index < -0.39 is 0 Å². The number of fused-ring (bicyclic) bond motifs is 5. The van der Waals surface area contributed by atoms with Crippen molar-refractivity contribution in [2.75, 3.05) is 0 Å². The highest BCUT2D eigenvalue weighted by Gasteiger charge is 2.24. The van der Waals surface area contributed by atoms with Crippen LogP contribution < -0.4 is 0 Å². The first-order chi connectivity index (χ1) is 27.3. The summed E-state index contributed by atoms with van der Waals surface area (Å²) in [6.45, 7) is 0. The molecule has 0 heteroatoms. The maximum absolute atomic E-state index is 2.42. The molecule has 11 rings (SSSR count). The van der Waals surface area contributed by atoms with Crippen LogP contribution in [0.4, 0.5) is 0 Å². The molecule has 0 atom stereocenters. The van der Waals surface area contributed by atoms with Crippen molar-refractivity contribution in [1.29, 1.82) is 0 Å². The lowest BCUT2D eigenvalue weighted by atomic mass is 9.85. The van der Waals surface area contributed by atoms with Gasteiger partial charge < -0.3 is 0 Å². The second-order valence-electron chi connectivity index (χ2n) is 14.8. The van der Waals surface area contributed by atoms with Crippen LogP contribution in [0, 0.1) is 0 Å². The van der Waals surface area contributed by atoms with Crippen LogP contribution in [0.5, 0.6) is 0 Å². The van der Waals surface area contributed by atoms with E-state index in [1.54, 1.807) is 0 Å². The van der Waals surface area contributed by atoms with Crippen molar-refractivity contribution >= 4 is 54.2 Å². The van der Waals surface area contributed by atoms with Crippen LogP contribution in [-0.2, 0) is 6.42 Å². The molecule has 55 heavy (non-hydrogen) atoms. The molecular weight excluding hydrogens is 661 g/mol. The third kappa shape index (κ3) is 5.30. The Balaban J connectivity index is 1.03. The van der Waals surface area contributed by atoms with Gasteiger partial charge in [0.15, 0.2) is 0 Å². The molecule has 0 aromatic heterocycles. The zero-order chi connectivity index (χ0) is 36.3. The van der Waals surface area contributed by atoms with Crippen molar-refractivity contribution in [2.24, 2.45) is 0 Å². The minimum atomic E-state index is 0.921. The summed E-state index contributed by atoms with van der Waals surface area (Å²) in [5.41, 5.74) is 15.6. The quantitative estimate of drug-likeness (QED) is 0.157. The molecule has 1 aliphatic rings. The zero-order valence-corrected chi connectivity index (χ0v) is 30.3. The van der Waals surface area contributed by atoms with Crippen molar-refractivity contribution in [2.45, 2.75) is 6.42 Å². The molecule has 0 N–H and O–H groups in total. The van der Waals surface area contributed by atoms with Gasteiger partial charge in [0.25, 0.3) is 0 Å². The topological polar surface area (TPSA) is 0 Å². The summed E-state index contributed by atoms with van der Waals surface area (Å²) in [6, 6.07) is 76.2. The van der Waals surface area contributed by atoms with E-state index in [1.807, 2.05) is 0 Å². The van der Waals surface area contributed by atoms with Crippen LogP contribution in [-0.4, -0.2) is 0 Å². The SMILES string of the molecule is c1ccc(C2=C(c3ccccc3)c3ccc(-c4ccc5ccc(-c6c7ccccc7c(-c7ccc8ccccc8c7)c7ccccc67)cc5c4)cc3C2)cc1. The lowest BCUT2D eigenvalue weighted by Crippen LogP contribution is -1.91. The maximum Gasteiger partial charge on any atom is -0.000706 e. The Kier molecular flexibility index (Phi) is 7.35. The van der Waals surface area contributed by atoms with Gasteiger partial charge in [-0.3, -0.25) is 0 Å². The lowest BCUT2D eigenvalue weighted by molar-refractivity contribution is 1.32. The minimum absolute atomic E-state index is 0.921. The Hall–Kier alpha value is -7.02. The van der Waals surface area contributed by atoms with Gasteiger partial charge in [0.1, 0.15) is 0 Å². The number of allylic oxidation sites excluding steroid dienone is 1. The second-order valence-corrected chi connectivity index (χ2v) is 14.8. The Labute approximate surface area is 321 Å². The fraction of sp³-hybridized carbons (Fsp3) is 0.0182. The molecule has 10 aromatic rings. The predicted octanol–water partition coefficient (Wildman–Crippen LogP) is 14.8.